The van der Waals surface area contributed by atoms with Gasteiger partial charge in [0.25, 0.3) is 0 Å². The van der Waals surface area contributed by atoms with Crippen molar-refractivity contribution in [2.45, 2.75) is 72.8 Å². The number of hydrogen-bond acceptors (Lipinski definition) is 3. The average molecular weight is 375 g/mol. The lowest BCUT2D eigenvalue weighted by molar-refractivity contribution is -0.148. The number of carbonyl (C=O) groups is 1. The van der Waals surface area contributed by atoms with E-state index in [1.165, 1.54) is 21.0 Å². The lowest BCUT2D eigenvalue weighted by Gasteiger charge is -2.28. The van der Waals surface area contributed by atoms with Crippen LogP contribution in [0.1, 0.15) is 66.7 Å². The lowest BCUT2D eigenvalue weighted by Crippen LogP contribution is -2.18. The molecule has 1 unspecified atom stereocenters. The third-order valence-electron chi connectivity index (χ3n) is 4.52. The molecule has 0 amide bonds. The number of allylic oxidation sites excluding steroid dienone is 6. The van der Waals surface area contributed by atoms with Crippen LogP contribution in [0.2, 0.25) is 0 Å². The van der Waals surface area contributed by atoms with E-state index in [4.69, 9.17) is 4.74 Å². The molecule has 0 aromatic heterocycles. The predicted molar refractivity (Wildman–Crippen MR) is 115 cm³/mol. The fraction of sp³-hybridized carbons (Fsp3) is 0.522. The summed E-state index contributed by atoms with van der Waals surface area (Å²) in [6.45, 7) is 14.5. The summed E-state index contributed by atoms with van der Waals surface area (Å²) in [4.78, 5) is 14.7. The van der Waals surface area contributed by atoms with E-state index in [1.807, 2.05) is 26.0 Å². The second-order valence-electron chi connectivity index (χ2n) is 6.55. The highest BCUT2D eigenvalue weighted by Crippen LogP contribution is 2.46. The van der Waals surface area contributed by atoms with Crippen LogP contribution < -0.4 is 0 Å². The first-order valence-electron chi connectivity index (χ1n) is 9.75. The number of thioether (sulfide) groups is 1. The Labute approximate surface area is 164 Å². The van der Waals surface area contributed by atoms with Crippen LogP contribution in [-0.4, -0.2) is 12.1 Å². The SMILES string of the molecule is C=CC1=C(/C=C\C)C(C)C(=C/CC(=O)OC(CCC)CCC)/C(=C\C)S1. The maximum atomic E-state index is 12.3. The number of rotatable bonds is 9. The van der Waals surface area contributed by atoms with Gasteiger partial charge in [-0.3, -0.25) is 4.79 Å². The van der Waals surface area contributed by atoms with Crippen molar-refractivity contribution < 1.29 is 9.53 Å². The van der Waals surface area contributed by atoms with Gasteiger partial charge in [-0.25, -0.2) is 0 Å². The van der Waals surface area contributed by atoms with Crippen LogP contribution in [0, 0.1) is 5.92 Å². The van der Waals surface area contributed by atoms with Gasteiger partial charge in [0.2, 0.25) is 0 Å². The topological polar surface area (TPSA) is 26.3 Å². The Kier molecular flexibility index (Phi) is 10.4. The van der Waals surface area contributed by atoms with Gasteiger partial charge >= 0.3 is 5.97 Å². The highest BCUT2D eigenvalue weighted by molar-refractivity contribution is 8.07. The third-order valence-corrected chi connectivity index (χ3v) is 5.84. The molecule has 0 N–H and O–H groups in total. The van der Waals surface area contributed by atoms with Crippen molar-refractivity contribution in [2.75, 3.05) is 0 Å². The standard InChI is InChI=1S/C23H34O2S/c1-7-12-18(13-8-2)25-23(24)16-15-20-17(6)19(14-9-3)21(10-4)26-22(20)11-5/h9-11,14-15,17-18H,4,7-8,12-13,16H2,1-3,5-6H3/b14-9-,20-15-,22-11+. The number of hydrogen-bond donors (Lipinski definition) is 0. The summed E-state index contributed by atoms with van der Waals surface area (Å²) in [6.07, 6.45) is 14.6. The minimum absolute atomic E-state index is 0.0566. The molecule has 0 spiro atoms. The molecule has 2 nitrogen and oxygen atoms in total. The molecular weight excluding hydrogens is 340 g/mol. The first kappa shape index (κ1) is 22.6. The maximum Gasteiger partial charge on any atom is 0.309 e. The second-order valence-corrected chi connectivity index (χ2v) is 7.64. The van der Waals surface area contributed by atoms with Crippen LogP contribution in [-0.2, 0) is 9.53 Å². The van der Waals surface area contributed by atoms with Gasteiger partial charge in [0.15, 0.2) is 0 Å². The third kappa shape index (κ3) is 6.35. The summed E-state index contributed by atoms with van der Waals surface area (Å²) in [5, 5.41) is 0. The van der Waals surface area contributed by atoms with E-state index < -0.39 is 0 Å². The predicted octanol–water partition coefficient (Wildman–Crippen LogP) is 7.12. The van der Waals surface area contributed by atoms with Crippen molar-refractivity contribution in [2.24, 2.45) is 5.92 Å². The van der Waals surface area contributed by atoms with E-state index in [9.17, 15) is 4.79 Å². The van der Waals surface area contributed by atoms with Crippen molar-refractivity contribution in [3.05, 3.63) is 57.9 Å². The molecule has 144 valence electrons. The minimum Gasteiger partial charge on any atom is -0.462 e. The normalized spacial score (nSPS) is 21.2. The molecule has 1 aliphatic heterocycles. The monoisotopic (exact) mass is 374 g/mol. The highest BCUT2D eigenvalue weighted by Gasteiger charge is 2.25. The van der Waals surface area contributed by atoms with Crippen LogP contribution >= 0.6 is 11.8 Å². The summed E-state index contributed by atoms with van der Waals surface area (Å²) in [5.41, 5.74) is 2.46. The summed E-state index contributed by atoms with van der Waals surface area (Å²) < 4.78 is 5.69. The summed E-state index contributed by atoms with van der Waals surface area (Å²) in [6, 6.07) is 0. The number of carbonyl (C=O) groups excluding carboxylic acids is 1. The first-order chi connectivity index (χ1) is 12.5. The van der Waals surface area contributed by atoms with Crippen LogP contribution in [0.5, 0.6) is 0 Å². The Balaban J connectivity index is 2.96. The summed E-state index contributed by atoms with van der Waals surface area (Å²) in [7, 11) is 0. The number of ether oxygens (including phenoxy) is 1. The van der Waals surface area contributed by atoms with E-state index >= 15 is 0 Å². The molecule has 0 saturated heterocycles. The fourth-order valence-electron chi connectivity index (χ4n) is 3.23. The van der Waals surface area contributed by atoms with Crippen molar-refractivity contribution in [3.63, 3.8) is 0 Å². The van der Waals surface area contributed by atoms with Crippen LogP contribution in [0.25, 0.3) is 0 Å². The maximum absolute atomic E-state index is 12.3. The molecule has 1 rings (SSSR count). The molecule has 0 bridgehead atoms. The van der Waals surface area contributed by atoms with Crippen molar-refractivity contribution in [3.8, 4) is 0 Å². The first-order valence-corrected chi connectivity index (χ1v) is 10.6. The molecular formula is C23H34O2S. The van der Waals surface area contributed by atoms with Gasteiger partial charge in [0.05, 0.1) is 6.42 Å². The van der Waals surface area contributed by atoms with Crippen LogP contribution in [0.3, 0.4) is 0 Å². The van der Waals surface area contributed by atoms with E-state index in [1.54, 1.807) is 11.8 Å². The average Bonchev–Trinajstić information content (AvgIpc) is 2.62. The van der Waals surface area contributed by atoms with Crippen LogP contribution in [0.4, 0.5) is 0 Å². The highest BCUT2D eigenvalue weighted by atomic mass is 32.2. The molecule has 0 aliphatic carbocycles. The largest absolute Gasteiger partial charge is 0.462 e. The van der Waals surface area contributed by atoms with Crippen molar-refractivity contribution >= 4 is 17.7 Å². The zero-order chi connectivity index (χ0) is 19.5. The Bertz CT molecular complexity index is 602. The Hall–Kier alpha value is -1.48. The molecule has 0 saturated carbocycles. The molecule has 0 aromatic rings. The second kappa shape index (κ2) is 12.0. The molecule has 1 aliphatic rings. The smallest absolute Gasteiger partial charge is 0.309 e. The van der Waals surface area contributed by atoms with E-state index in [2.05, 4.69) is 45.6 Å². The van der Waals surface area contributed by atoms with Gasteiger partial charge < -0.3 is 4.74 Å². The van der Waals surface area contributed by atoms with E-state index in [-0.39, 0.29) is 18.0 Å². The molecule has 1 atom stereocenters. The van der Waals surface area contributed by atoms with Gasteiger partial charge in [0.1, 0.15) is 6.10 Å². The summed E-state index contributed by atoms with van der Waals surface area (Å²) >= 11 is 1.72. The zero-order valence-electron chi connectivity index (χ0n) is 17.0. The van der Waals surface area contributed by atoms with E-state index in [0.29, 0.717) is 6.42 Å². The summed E-state index contributed by atoms with van der Waals surface area (Å²) in [5.74, 6) is 0.115. The van der Waals surface area contributed by atoms with Crippen LogP contribution in [0.15, 0.2) is 57.9 Å². The van der Waals surface area contributed by atoms with Gasteiger partial charge in [-0.2, -0.15) is 0 Å². The van der Waals surface area contributed by atoms with Gasteiger partial charge in [-0.05, 0) is 37.8 Å². The quantitative estimate of drug-likeness (QED) is 0.402. The lowest BCUT2D eigenvalue weighted by atomic mass is 9.89. The number of esters is 1. The zero-order valence-corrected chi connectivity index (χ0v) is 17.8. The Morgan fingerprint density at radius 3 is 2.42 bits per heavy atom. The Morgan fingerprint density at radius 2 is 1.92 bits per heavy atom. The molecule has 0 aromatic carbocycles. The molecule has 3 heteroatoms. The molecule has 0 fully saturated rings. The molecule has 26 heavy (non-hydrogen) atoms. The van der Waals surface area contributed by atoms with Crippen molar-refractivity contribution in [1.29, 1.82) is 0 Å². The van der Waals surface area contributed by atoms with Gasteiger partial charge in [-0.15, -0.1) is 0 Å². The molecule has 0 radical (unpaired) electrons. The molecule has 1 heterocycles. The van der Waals surface area contributed by atoms with Crippen molar-refractivity contribution in [1.82, 2.24) is 0 Å². The van der Waals surface area contributed by atoms with E-state index in [0.717, 1.165) is 25.7 Å². The van der Waals surface area contributed by atoms with Gasteiger partial charge in [-0.1, -0.05) is 82.3 Å². The minimum atomic E-state index is -0.122. The van der Waals surface area contributed by atoms with Gasteiger partial charge in [0, 0.05) is 15.7 Å². The fourth-order valence-corrected chi connectivity index (χ4v) is 4.41. The Morgan fingerprint density at radius 1 is 1.27 bits per heavy atom.